The topological polar surface area (TPSA) is 48.0 Å². The molecule has 0 saturated carbocycles. The van der Waals surface area contributed by atoms with Gasteiger partial charge in [0.2, 0.25) is 5.75 Å². The van der Waals surface area contributed by atoms with Gasteiger partial charge in [0.15, 0.2) is 11.5 Å². The highest BCUT2D eigenvalue weighted by Crippen LogP contribution is 2.39. The maximum atomic E-state index is 12.9. The summed E-state index contributed by atoms with van der Waals surface area (Å²) in [5, 5.41) is 0. The van der Waals surface area contributed by atoms with Crippen LogP contribution >= 0.6 is 0 Å². The number of methoxy groups -OCH3 is 3. The number of hydrogen-bond acceptors (Lipinski definition) is 4. The van der Waals surface area contributed by atoms with Crippen LogP contribution in [0.3, 0.4) is 0 Å². The van der Waals surface area contributed by atoms with Crippen LogP contribution in [0.25, 0.3) is 0 Å². The molecule has 0 aromatic heterocycles. The molecule has 8 heteroatoms. The van der Waals surface area contributed by atoms with E-state index in [-0.39, 0.29) is 36.4 Å². The molecule has 0 N–H and O–H groups in total. The predicted molar refractivity (Wildman–Crippen MR) is 80.5 cm³/mol. The molecule has 1 aromatic carbocycles. The minimum atomic E-state index is -4.44. The zero-order valence-electron chi connectivity index (χ0n) is 13.6. The lowest BCUT2D eigenvalue weighted by molar-refractivity contribution is -0.0961. The Morgan fingerprint density at radius 3 is 2.12 bits per heavy atom. The quantitative estimate of drug-likeness (QED) is 0.839. The molecule has 0 saturated heterocycles. The van der Waals surface area contributed by atoms with Gasteiger partial charge < -0.3 is 19.1 Å². The Bertz CT molecular complexity index is 630. The fraction of sp³-hybridized carbons (Fsp3) is 0.438. The van der Waals surface area contributed by atoms with E-state index in [2.05, 4.69) is 0 Å². The van der Waals surface area contributed by atoms with Gasteiger partial charge in [-0.25, -0.2) is 0 Å². The molecule has 0 radical (unpaired) electrons. The largest absolute Gasteiger partial charge is 0.493 e. The lowest BCUT2D eigenvalue weighted by Crippen LogP contribution is -2.32. The van der Waals surface area contributed by atoms with Crippen LogP contribution in [0, 0.1) is 0 Å². The zero-order chi connectivity index (χ0) is 17.9. The number of ether oxygens (including phenoxy) is 3. The summed E-state index contributed by atoms with van der Waals surface area (Å²) >= 11 is 0. The summed E-state index contributed by atoms with van der Waals surface area (Å²) in [6.07, 6.45) is -3.41. The van der Waals surface area contributed by atoms with Crippen molar-refractivity contribution in [1.29, 1.82) is 0 Å². The molecule has 0 bridgehead atoms. The van der Waals surface area contributed by atoms with Crippen molar-refractivity contribution < 1.29 is 32.2 Å². The molecular formula is C16H18F3NO4. The van der Waals surface area contributed by atoms with Gasteiger partial charge in [0, 0.05) is 23.9 Å². The molecule has 0 aliphatic carbocycles. The number of carbonyl (C=O) groups excluding carboxylic acids is 1. The smallest absolute Gasteiger partial charge is 0.414 e. The SMILES string of the molecule is COc1cc(C(=O)N2C=C(C(F)(F)F)CCC2)cc(OC)c1OC. The Balaban J connectivity index is 2.39. The van der Waals surface area contributed by atoms with Gasteiger partial charge in [-0.1, -0.05) is 0 Å². The molecule has 0 spiro atoms. The van der Waals surface area contributed by atoms with E-state index in [1.165, 1.54) is 33.5 Å². The molecule has 1 heterocycles. The minimum absolute atomic E-state index is 0.0947. The van der Waals surface area contributed by atoms with Crippen molar-refractivity contribution in [3.8, 4) is 17.2 Å². The van der Waals surface area contributed by atoms with Crippen LogP contribution in [0.5, 0.6) is 17.2 Å². The van der Waals surface area contributed by atoms with Gasteiger partial charge in [-0.15, -0.1) is 0 Å². The van der Waals surface area contributed by atoms with Gasteiger partial charge in [0.05, 0.1) is 21.3 Å². The summed E-state index contributed by atoms with van der Waals surface area (Å²) in [4.78, 5) is 13.6. The number of amides is 1. The molecule has 1 aromatic rings. The van der Waals surface area contributed by atoms with Crippen molar-refractivity contribution in [2.45, 2.75) is 19.0 Å². The van der Waals surface area contributed by atoms with E-state index in [0.717, 1.165) is 11.1 Å². The van der Waals surface area contributed by atoms with Gasteiger partial charge in [0.25, 0.3) is 5.91 Å². The summed E-state index contributed by atoms with van der Waals surface area (Å²) in [5.74, 6) is 0.270. The Hall–Kier alpha value is -2.38. The molecule has 0 fully saturated rings. The van der Waals surface area contributed by atoms with E-state index in [0.29, 0.717) is 5.75 Å². The highest BCUT2D eigenvalue weighted by atomic mass is 19.4. The second-order valence-electron chi connectivity index (χ2n) is 5.17. The lowest BCUT2D eigenvalue weighted by Gasteiger charge is -2.26. The van der Waals surface area contributed by atoms with Crippen molar-refractivity contribution in [2.24, 2.45) is 0 Å². The number of alkyl halides is 3. The first-order chi connectivity index (χ1) is 11.3. The highest BCUT2D eigenvalue weighted by molar-refractivity contribution is 5.96. The number of halogens is 3. The van der Waals surface area contributed by atoms with Crippen LogP contribution in [0.1, 0.15) is 23.2 Å². The van der Waals surface area contributed by atoms with Crippen molar-refractivity contribution in [3.63, 3.8) is 0 Å². The predicted octanol–water partition coefficient (Wildman–Crippen LogP) is 3.39. The Morgan fingerprint density at radius 2 is 1.67 bits per heavy atom. The molecule has 1 amide bonds. The van der Waals surface area contributed by atoms with E-state index in [1.807, 2.05) is 0 Å². The van der Waals surface area contributed by atoms with E-state index in [9.17, 15) is 18.0 Å². The summed E-state index contributed by atoms with van der Waals surface area (Å²) in [7, 11) is 4.22. The third kappa shape index (κ3) is 3.58. The fourth-order valence-electron chi connectivity index (χ4n) is 2.50. The first kappa shape index (κ1) is 18.0. The van der Waals surface area contributed by atoms with Gasteiger partial charge in [-0.2, -0.15) is 13.2 Å². The number of allylic oxidation sites excluding steroid dienone is 1. The first-order valence-corrected chi connectivity index (χ1v) is 7.20. The third-order valence-corrected chi connectivity index (χ3v) is 3.69. The molecule has 1 aliphatic rings. The standard InChI is InChI=1S/C16H18F3NO4/c1-22-12-7-10(8-13(23-2)14(12)24-3)15(21)20-6-4-5-11(9-20)16(17,18)19/h7-9H,4-6H2,1-3H3. The van der Waals surface area contributed by atoms with E-state index in [4.69, 9.17) is 14.2 Å². The molecule has 2 rings (SSSR count). The summed E-state index contributed by atoms with van der Waals surface area (Å²) in [6, 6.07) is 2.83. The second kappa shape index (κ2) is 7.02. The minimum Gasteiger partial charge on any atom is -0.493 e. The van der Waals surface area contributed by atoms with Crippen molar-refractivity contribution in [1.82, 2.24) is 4.90 Å². The Morgan fingerprint density at radius 1 is 1.08 bits per heavy atom. The van der Waals surface area contributed by atoms with Gasteiger partial charge in [-0.3, -0.25) is 4.79 Å². The molecule has 24 heavy (non-hydrogen) atoms. The summed E-state index contributed by atoms with van der Waals surface area (Å²) in [6.45, 7) is 0.217. The number of rotatable bonds is 4. The third-order valence-electron chi connectivity index (χ3n) is 3.69. The highest BCUT2D eigenvalue weighted by Gasteiger charge is 2.36. The first-order valence-electron chi connectivity index (χ1n) is 7.20. The van der Waals surface area contributed by atoms with Crippen molar-refractivity contribution in [3.05, 3.63) is 29.5 Å². The van der Waals surface area contributed by atoms with E-state index in [1.54, 1.807) is 0 Å². The Kier molecular flexibility index (Phi) is 5.26. The maximum absolute atomic E-state index is 12.9. The van der Waals surface area contributed by atoms with E-state index < -0.39 is 17.7 Å². The van der Waals surface area contributed by atoms with Crippen LogP contribution in [-0.2, 0) is 0 Å². The maximum Gasteiger partial charge on any atom is 0.414 e. The molecule has 1 aliphatic heterocycles. The number of carbonyl (C=O) groups is 1. The molecule has 0 unspecified atom stereocenters. The monoisotopic (exact) mass is 345 g/mol. The van der Waals surface area contributed by atoms with Crippen LogP contribution in [0.2, 0.25) is 0 Å². The molecule has 132 valence electrons. The molecular weight excluding hydrogens is 327 g/mol. The Labute approximate surface area is 137 Å². The number of benzene rings is 1. The van der Waals surface area contributed by atoms with Gasteiger partial charge in [-0.05, 0) is 25.0 Å². The van der Waals surface area contributed by atoms with E-state index >= 15 is 0 Å². The van der Waals surface area contributed by atoms with Gasteiger partial charge in [0.1, 0.15) is 0 Å². The summed E-state index contributed by atoms with van der Waals surface area (Å²) < 4.78 is 54.0. The van der Waals surface area contributed by atoms with Crippen molar-refractivity contribution in [2.75, 3.05) is 27.9 Å². The lowest BCUT2D eigenvalue weighted by atomic mass is 10.1. The number of hydrogen-bond donors (Lipinski definition) is 0. The summed E-state index contributed by atoms with van der Waals surface area (Å²) in [5.41, 5.74) is -0.557. The van der Waals surface area contributed by atoms with Crippen LogP contribution < -0.4 is 14.2 Å². The second-order valence-corrected chi connectivity index (χ2v) is 5.17. The zero-order valence-corrected chi connectivity index (χ0v) is 13.6. The average Bonchev–Trinajstić information content (AvgIpc) is 2.59. The average molecular weight is 345 g/mol. The normalized spacial score (nSPS) is 14.9. The van der Waals surface area contributed by atoms with Crippen LogP contribution in [0.15, 0.2) is 23.9 Å². The van der Waals surface area contributed by atoms with Crippen LogP contribution in [0.4, 0.5) is 13.2 Å². The van der Waals surface area contributed by atoms with Crippen LogP contribution in [-0.4, -0.2) is 44.9 Å². The van der Waals surface area contributed by atoms with Gasteiger partial charge >= 0.3 is 6.18 Å². The molecule has 0 atom stereocenters. The number of nitrogens with zero attached hydrogens (tertiary/aromatic N) is 1. The van der Waals surface area contributed by atoms with Crippen molar-refractivity contribution >= 4 is 5.91 Å². The molecule has 5 nitrogen and oxygen atoms in total. The fourth-order valence-corrected chi connectivity index (χ4v) is 2.50.